The molecule has 28 heavy (non-hydrogen) atoms. The third-order valence-electron chi connectivity index (χ3n) is 4.20. The summed E-state index contributed by atoms with van der Waals surface area (Å²) in [6.45, 7) is 0.936. The van der Waals surface area contributed by atoms with Crippen LogP contribution in [0.3, 0.4) is 0 Å². The highest BCUT2D eigenvalue weighted by Gasteiger charge is 2.52. The second-order valence-electron chi connectivity index (χ2n) is 6.42. The first-order valence-corrected chi connectivity index (χ1v) is 9.27. The minimum absolute atomic E-state index is 0.144. The number of hydroxylamine groups is 2. The molecule has 1 aliphatic rings. The highest BCUT2D eigenvalue weighted by molar-refractivity contribution is 6.35. The zero-order valence-electron chi connectivity index (χ0n) is 15.1. The molecule has 1 aromatic rings. The Kier molecular flexibility index (Phi) is 7.22. The standard InChI is InChI=1S/C17H20Cl2N4O5/c1-2-3-4-17(9-22(28)10-24)15(26)23(16(27)21-17)8-14(25)20-13-6-11(18)5-12(19)7-13/h5-7,10,28H,2-4,8-9H2,1H3,(H,20,25)(H,21,27). The molecule has 1 heterocycles. The van der Waals surface area contributed by atoms with Crippen molar-refractivity contribution in [3.63, 3.8) is 0 Å². The second kappa shape index (κ2) is 9.22. The Bertz CT molecular complexity index is 771. The van der Waals surface area contributed by atoms with Gasteiger partial charge in [0.05, 0.1) is 6.54 Å². The third-order valence-corrected chi connectivity index (χ3v) is 4.64. The van der Waals surface area contributed by atoms with Crippen LogP contribution < -0.4 is 10.6 Å². The summed E-state index contributed by atoms with van der Waals surface area (Å²) in [6, 6.07) is 3.65. The number of rotatable bonds is 9. The summed E-state index contributed by atoms with van der Waals surface area (Å²) < 4.78 is 0. The van der Waals surface area contributed by atoms with Crippen molar-refractivity contribution in [1.29, 1.82) is 0 Å². The van der Waals surface area contributed by atoms with Crippen LogP contribution in [-0.2, 0) is 14.4 Å². The van der Waals surface area contributed by atoms with Crippen LogP contribution in [0.1, 0.15) is 26.2 Å². The van der Waals surface area contributed by atoms with E-state index in [1.165, 1.54) is 18.2 Å². The normalized spacial score (nSPS) is 18.8. The maximum atomic E-state index is 12.9. The molecule has 2 rings (SSSR count). The summed E-state index contributed by atoms with van der Waals surface area (Å²) in [4.78, 5) is 49.0. The smallest absolute Gasteiger partial charge is 0.324 e. The van der Waals surface area contributed by atoms with Gasteiger partial charge in [-0.3, -0.25) is 24.5 Å². The molecule has 152 valence electrons. The maximum Gasteiger partial charge on any atom is 0.325 e. The van der Waals surface area contributed by atoms with Crippen molar-refractivity contribution in [1.82, 2.24) is 15.3 Å². The van der Waals surface area contributed by atoms with Gasteiger partial charge >= 0.3 is 6.03 Å². The average Bonchev–Trinajstić information content (AvgIpc) is 2.83. The zero-order valence-corrected chi connectivity index (χ0v) is 16.6. The van der Waals surface area contributed by atoms with Crippen LogP contribution >= 0.6 is 23.2 Å². The van der Waals surface area contributed by atoms with Gasteiger partial charge in [0.1, 0.15) is 12.1 Å². The molecular formula is C17H20Cl2N4O5. The van der Waals surface area contributed by atoms with Crippen LogP contribution in [0.5, 0.6) is 0 Å². The van der Waals surface area contributed by atoms with Crippen molar-refractivity contribution in [2.45, 2.75) is 31.7 Å². The number of nitrogens with zero attached hydrogens (tertiary/aromatic N) is 2. The number of amides is 5. The summed E-state index contributed by atoms with van der Waals surface area (Å²) >= 11 is 11.8. The molecule has 0 radical (unpaired) electrons. The van der Waals surface area contributed by atoms with E-state index in [-0.39, 0.29) is 12.8 Å². The van der Waals surface area contributed by atoms with E-state index in [0.717, 1.165) is 11.3 Å². The van der Waals surface area contributed by atoms with Gasteiger partial charge in [-0.25, -0.2) is 9.86 Å². The van der Waals surface area contributed by atoms with Crippen molar-refractivity contribution in [3.8, 4) is 0 Å². The summed E-state index contributed by atoms with van der Waals surface area (Å²) in [7, 11) is 0. The van der Waals surface area contributed by atoms with Gasteiger partial charge in [-0.1, -0.05) is 43.0 Å². The lowest BCUT2D eigenvalue weighted by Crippen LogP contribution is -2.54. The minimum atomic E-state index is -1.48. The molecule has 0 spiro atoms. The lowest BCUT2D eigenvalue weighted by atomic mass is 9.92. The van der Waals surface area contributed by atoms with Gasteiger partial charge in [0.2, 0.25) is 12.3 Å². The topological polar surface area (TPSA) is 119 Å². The van der Waals surface area contributed by atoms with Crippen LogP contribution in [0.4, 0.5) is 10.5 Å². The van der Waals surface area contributed by atoms with E-state index in [2.05, 4.69) is 10.6 Å². The number of carbonyl (C=O) groups excluding carboxylic acids is 4. The number of nitrogens with one attached hydrogen (secondary N) is 2. The van der Waals surface area contributed by atoms with Gasteiger partial charge in [0, 0.05) is 15.7 Å². The van der Waals surface area contributed by atoms with Crippen molar-refractivity contribution >= 4 is 53.1 Å². The van der Waals surface area contributed by atoms with E-state index in [9.17, 15) is 24.4 Å². The van der Waals surface area contributed by atoms with Crippen LogP contribution in [0.2, 0.25) is 10.0 Å². The highest BCUT2D eigenvalue weighted by Crippen LogP contribution is 2.26. The predicted octanol–water partition coefficient (Wildman–Crippen LogP) is 2.26. The Labute approximate surface area is 171 Å². The number of hydrogen-bond donors (Lipinski definition) is 3. The quantitative estimate of drug-likeness (QED) is 0.240. The fourth-order valence-corrected chi connectivity index (χ4v) is 3.46. The number of carbonyl (C=O) groups is 4. The highest BCUT2D eigenvalue weighted by atomic mass is 35.5. The van der Waals surface area contributed by atoms with E-state index in [0.29, 0.717) is 27.2 Å². The van der Waals surface area contributed by atoms with E-state index in [4.69, 9.17) is 23.2 Å². The summed E-state index contributed by atoms with van der Waals surface area (Å²) in [5.74, 6) is -1.32. The molecular weight excluding hydrogens is 411 g/mol. The number of hydrogen-bond acceptors (Lipinski definition) is 5. The summed E-state index contributed by atoms with van der Waals surface area (Å²) in [5.41, 5.74) is -1.17. The molecule has 11 heteroatoms. The molecule has 1 atom stereocenters. The molecule has 0 aromatic heterocycles. The predicted molar refractivity (Wildman–Crippen MR) is 102 cm³/mol. The van der Waals surface area contributed by atoms with Gasteiger partial charge in [-0.2, -0.15) is 0 Å². The molecule has 1 fully saturated rings. The maximum absolute atomic E-state index is 12.9. The first-order chi connectivity index (χ1) is 13.2. The second-order valence-corrected chi connectivity index (χ2v) is 7.29. The van der Waals surface area contributed by atoms with Crippen molar-refractivity contribution in [2.75, 3.05) is 18.4 Å². The average molecular weight is 431 g/mol. The van der Waals surface area contributed by atoms with Gasteiger partial charge in [0.25, 0.3) is 5.91 Å². The molecule has 0 bridgehead atoms. The molecule has 9 nitrogen and oxygen atoms in total. The molecule has 0 saturated carbocycles. The van der Waals surface area contributed by atoms with Crippen LogP contribution in [0.25, 0.3) is 0 Å². The van der Waals surface area contributed by atoms with Gasteiger partial charge in [0.15, 0.2) is 0 Å². The molecule has 1 aliphatic heterocycles. The Morgan fingerprint density at radius 1 is 1.32 bits per heavy atom. The molecule has 1 saturated heterocycles. The molecule has 1 unspecified atom stereocenters. The number of benzene rings is 1. The van der Waals surface area contributed by atoms with E-state index < -0.39 is 36.5 Å². The molecule has 3 N–H and O–H groups in total. The first kappa shape index (κ1) is 21.9. The third kappa shape index (κ3) is 5.12. The van der Waals surface area contributed by atoms with Crippen LogP contribution in [-0.4, -0.2) is 58.1 Å². The Hall–Kier alpha value is -2.36. The fraction of sp³-hybridized carbons (Fsp3) is 0.412. The van der Waals surface area contributed by atoms with Crippen molar-refractivity contribution in [3.05, 3.63) is 28.2 Å². The zero-order chi connectivity index (χ0) is 20.9. The molecule has 1 aromatic carbocycles. The number of imide groups is 1. The minimum Gasteiger partial charge on any atom is -0.324 e. The largest absolute Gasteiger partial charge is 0.325 e. The monoisotopic (exact) mass is 430 g/mol. The lowest BCUT2D eigenvalue weighted by Gasteiger charge is -2.28. The van der Waals surface area contributed by atoms with E-state index in [1.54, 1.807) is 0 Å². The SMILES string of the molecule is CCCCC1(CN(O)C=O)NC(=O)N(CC(=O)Nc2cc(Cl)cc(Cl)c2)C1=O. The number of halogens is 2. The summed E-state index contributed by atoms with van der Waals surface area (Å²) in [6.07, 6.45) is 1.65. The van der Waals surface area contributed by atoms with E-state index in [1.807, 2.05) is 6.92 Å². The van der Waals surface area contributed by atoms with Crippen LogP contribution in [0.15, 0.2) is 18.2 Å². The Morgan fingerprint density at radius 3 is 2.54 bits per heavy atom. The summed E-state index contributed by atoms with van der Waals surface area (Å²) in [5, 5.41) is 15.5. The lowest BCUT2D eigenvalue weighted by molar-refractivity contribution is -0.157. The molecule has 0 aliphatic carbocycles. The van der Waals surface area contributed by atoms with Gasteiger partial charge in [-0.15, -0.1) is 0 Å². The van der Waals surface area contributed by atoms with Gasteiger partial charge in [-0.05, 0) is 24.6 Å². The van der Waals surface area contributed by atoms with Crippen molar-refractivity contribution in [2.24, 2.45) is 0 Å². The van der Waals surface area contributed by atoms with Crippen LogP contribution in [0, 0.1) is 0 Å². The Balaban J connectivity index is 2.14. The van der Waals surface area contributed by atoms with Crippen molar-refractivity contribution < 1.29 is 24.4 Å². The fourth-order valence-electron chi connectivity index (χ4n) is 2.94. The first-order valence-electron chi connectivity index (χ1n) is 8.51. The Morgan fingerprint density at radius 2 is 1.96 bits per heavy atom. The van der Waals surface area contributed by atoms with E-state index >= 15 is 0 Å². The number of unbranched alkanes of at least 4 members (excludes halogenated alkanes) is 1. The molecule has 5 amide bonds. The number of urea groups is 1. The van der Waals surface area contributed by atoms with Gasteiger partial charge < -0.3 is 10.6 Å². The number of anilines is 1.